The minimum atomic E-state index is -0.909. The molecule has 1 atom stereocenters. The minimum absolute atomic E-state index is 0.379. The molecule has 0 radical (unpaired) electrons. The lowest BCUT2D eigenvalue weighted by molar-refractivity contribution is -0.118. The van der Waals surface area contributed by atoms with Crippen molar-refractivity contribution in [2.75, 3.05) is 26.0 Å². The summed E-state index contributed by atoms with van der Waals surface area (Å²) in [6, 6.07) is 6.17. The molecule has 0 fully saturated rings. The van der Waals surface area contributed by atoms with Gasteiger partial charge in [0, 0.05) is 19.8 Å². The van der Waals surface area contributed by atoms with Gasteiger partial charge in [0.15, 0.2) is 0 Å². The Morgan fingerprint density at radius 2 is 2.00 bits per heavy atom. The van der Waals surface area contributed by atoms with Crippen molar-refractivity contribution in [1.82, 2.24) is 4.90 Å². The van der Waals surface area contributed by atoms with Gasteiger partial charge in [0.1, 0.15) is 11.9 Å². The molecule has 0 saturated carbocycles. The van der Waals surface area contributed by atoms with E-state index in [1.54, 1.807) is 24.3 Å². The highest BCUT2D eigenvalue weighted by Gasteiger charge is 2.11. The van der Waals surface area contributed by atoms with E-state index in [4.69, 9.17) is 10.8 Å². The number of amidine groups is 1. The van der Waals surface area contributed by atoms with Crippen molar-refractivity contribution < 1.29 is 9.90 Å². The molecule has 1 aromatic rings. The predicted octanol–water partition coefficient (Wildman–Crippen LogP) is 0.556. The van der Waals surface area contributed by atoms with E-state index in [1.807, 2.05) is 25.9 Å². The summed E-state index contributed by atoms with van der Waals surface area (Å²) in [5.41, 5.74) is 6.83. The van der Waals surface area contributed by atoms with Crippen LogP contribution < -0.4 is 11.1 Å². The summed E-state index contributed by atoms with van der Waals surface area (Å²) in [5, 5.41) is 11.4. The zero-order chi connectivity index (χ0) is 14.4. The minimum Gasteiger partial charge on any atom is -0.394 e. The Kier molecular flexibility index (Phi) is 5.47. The maximum atomic E-state index is 11.5. The molecule has 0 saturated heterocycles. The summed E-state index contributed by atoms with van der Waals surface area (Å²) in [5.74, 6) is 0.474. The Morgan fingerprint density at radius 3 is 2.47 bits per heavy atom. The van der Waals surface area contributed by atoms with E-state index < -0.39 is 11.9 Å². The van der Waals surface area contributed by atoms with Gasteiger partial charge in [0.2, 0.25) is 5.91 Å². The van der Waals surface area contributed by atoms with Crippen molar-refractivity contribution >= 4 is 23.1 Å². The van der Waals surface area contributed by atoms with Crippen LogP contribution in [0.4, 0.5) is 11.4 Å². The number of aliphatic imine (C=N–C) groups is 1. The van der Waals surface area contributed by atoms with Gasteiger partial charge >= 0.3 is 0 Å². The number of carbonyl (C=O) groups excluding carboxylic acids is 1. The quantitative estimate of drug-likeness (QED) is 0.547. The van der Waals surface area contributed by atoms with Crippen LogP contribution in [0.15, 0.2) is 29.3 Å². The molecule has 4 N–H and O–H groups in total. The van der Waals surface area contributed by atoms with Crippen molar-refractivity contribution in [2.24, 2.45) is 10.7 Å². The Hall–Kier alpha value is -1.92. The first-order valence-electron chi connectivity index (χ1n) is 5.94. The molecule has 1 unspecified atom stereocenters. The van der Waals surface area contributed by atoms with Crippen molar-refractivity contribution in [3.63, 3.8) is 0 Å². The maximum absolute atomic E-state index is 11.5. The van der Waals surface area contributed by atoms with E-state index in [9.17, 15) is 4.79 Å². The number of hydrogen-bond acceptors (Lipinski definition) is 4. The highest BCUT2D eigenvalue weighted by Crippen LogP contribution is 2.16. The van der Waals surface area contributed by atoms with Crippen LogP contribution in [-0.2, 0) is 4.79 Å². The Bertz CT molecular complexity index is 454. The second-order valence-corrected chi connectivity index (χ2v) is 4.38. The molecule has 0 aromatic heterocycles. The first kappa shape index (κ1) is 15.1. The average Bonchev–Trinajstić information content (AvgIpc) is 2.39. The van der Waals surface area contributed by atoms with Gasteiger partial charge in [-0.1, -0.05) is 0 Å². The molecule has 0 bridgehead atoms. The van der Waals surface area contributed by atoms with E-state index in [0.29, 0.717) is 5.69 Å². The second kappa shape index (κ2) is 6.86. The highest BCUT2D eigenvalue weighted by atomic mass is 16.3. The average molecular weight is 264 g/mol. The highest BCUT2D eigenvalue weighted by molar-refractivity contribution is 5.94. The number of carbonyl (C=O) groups is 1. The molecule has 0 aliphatic heterocycles. The molecule has 104 valence electrons. The molecular weight excluding hydrogens is 244 g/mol. The lowest BCUT2D eigenvalue weighted by Gasteiger charge is -2.11. The van der Waals surface area contributed by atoms with Crippen LogP contribution in [0, 0.1) is 0 Å². The van der Waals surface area contributed by atoms with Crippen LogP contribution >= 0.6 is 0 Å². The molecule has 1 rings (SSSR count). The van der Waals surface area contributed by atoms with E-state index in [0.717, 1.165) is 11.5 Å². The van der Waals surface area contributed by atoms with Gasteiger partial charge in [-0.25, -0.2) is 4.99 Å². The molecule has 1 amide bonds. The fraction of sp³-hybridized carbons (Fsp3) is 0.385. The second-order valence-electron chi connectivity index (χ2n) is 4.38. The number of rotatable bonds is 4. The molecule has 19 heavy (non-hydrogen) atoms. The number of amides is 1. The Morgan fingerprint density at radius 1 is 1.42 bits per heavy atom. The van der Waals surface area contributed by atoms with Gasteiger partial charge in [0.25, 0.3) is 0 Å². The Balaban J connectivity index is 2.72. The summed E-state index contributed by atoms with van der Waals surface area (Å²) in [6.07, 6.45) is 0. The van der Waals surface area contributed by atoms with Crippen molar-refractivity contribution in [1.29, 1.82) is 0 Å². The third-order valence-corrected chi connectivity index (χ3v) is 2.61. The van der Waals surface area contributed by atoms with Crippen LogP contribution in [0.3, 0.4) is 0 Å². The SMILES string of the molecule is CC(=Nc1ccc(NC(=O)C(N)CO)cc1)N(C)C. The topological polar surface area (TPSA) is 91.0 Å². The standard InChI is InChI=1S/C13H20N4O2/c1-9(17(2)3)15-10-4-6-11(7-5-10)16-13(19)12(14)8-18/h4-7,12,18H,8,14H2,1-3H3,(H,16,19). The fourth-order valence-electron chi connectivity index (χ4n) is 1.22. The smallest absolute Gasteiger partial charge is 0.243 e. The van der Waals surface area contributed by atoms with Crippen molar-refractivity contribution in [2.45, 2.75) is 13.0 Å². The van der Waals surface area contributed by atoms with Crippen LogP contribution in [-0.4, -0.2) is 48.5 Å². The molecule has 0 spiro atoms. The fourth-order valence-corrected chi connectivity index (χ4v) is 1.22. The summed E-state index contributed by atoms with van der Waals surface area (Å²) in [4.78, 5) is 17.8. The Labute approximate surface area is 112 Å². The number of nitrogens with one attached hydrogen (secondary N) is 1. The van der Waals surface area contributed by atoms with Gasteiger partial charge in [0.05, 0.1) is 12.3 Å². The van der Waals surface area contributed by atoms with Gasteiger partial charge in [-0.05, 0) is 31.2 Å². The van der Waals surface area contributed by atoms with Gasteiger partial charge < -0.3 is 21.1 Å². The maximum Gasteiger partial charge on any atom is 0.243 e. The molecule has 0 heterocycles. The van der Waals surface area contributed by atoms with Crippen molar-refractivity contribution in [3.8, 4) is 0 Å². The summed E-state index contributed by atoms with van der Waals surface area (Å²) >= 11 is 0. The van der Waals surface area contributed by atoms with E-state index in [1.165, 1.54) is 0 Å². The van der Waals surface area contributed by atoms with Crippen LogP contribution in [0.1, 0.15) is 6.92 Å². The molecule has 6 nitrogen and oxygen atoms in total. The molecule has 0 aliphatic rings. The number of aliphatic hydroxyl groups is 1. The van der Waals surface area contributed by atoms with Crippen LogP contribution in [0.25, 0.3) is 0 Å². The predicted molar refractivity (Wildman–Crippen MR) is 76.6 cm³/mol. The lowest BCUT2D eigenvalue weighted by Crippen LogP contribution is -2.38. The van der Waals surface area contributed by atoms with Gasteiger partial charge in [-0.3, -0.25) is 4.79 Å². The monoisotopic (exact) mass is 264 g/mol. The van der Waals surface area contributed by atoms with E-state index in [-0.39, 0.29) is 6.61 Å². The number of nitrogens with zero attached hydrogens (tertiary/aromatic N) is 2. The third kappa shape index (κ3) is 4.69. The summed E-state index contributed by atoms with van der Waals surface area (Å²) in [6.45, 7) is 1.53. The largest absolute Gasteiger partial charge is 0.394 e. The lowest BCUT2D eigenvalue weighted by atomic mass is 10.2. The normalized spacial score (nSPS) is 13.0. The van der Waals surface area contributed by atoms with E-state index >= 15 is 0 Å². The number of aliphatic hydroxyl groups excluding tert-OH is 1. The number of nitrogens with two attached hydrogens (primary N) is 1. The van der Waals surface area contributed by atoms with Gasteiger partial charge in [-0.15, -0.1) is 0 Å². The number of hydrogen-bond donors (Lipinski definition) is 3. The molecular formula is C13H20N4O2. The molecule has 6 heteroatoms. The third-order valence-electron chi connectivity index (χ3n) is 2.61. The van der Waals surface area contributed by atoms with Crippen molar-refractivity contribution in [3.05, 3.63) is 24.3 Å². The first-order valence-corrected chi connectivity index (χ1v) is 5.94. The van der Waals surface area contributed by atoms with Gasteiger partial charge in [-0.2, -0.15) is 0 Å². The molecule has 0 aliphatic carbocycles. The zero-order valence-corrected chi connectivity index (χ0v) is 11.4. The van der Waals surface area contributed by atoms with Crippen LogP contribution in [0.2, 0.25) is 0 Å². The first-order chi connectivity index (χ1) is 8.93. The van der Waals surface area contributed by atoms with E-state index in [2.05, 4.69) is 10.3 Å². The molecule has 1 aromatic carbocycles. The summed E-state index contributed by atoms with van der Waals surface area (Å²) < 4.78 is 0. The number of benzene rings is 1. The number of anilines is 1. The zero-order valence-electron chi connectivity index (χ0n) is 11.4. The summed E-state index contributed by atoms with van der Waals surface area (Å²) in [7, 11) is 3.84. The van der Waals surface area contributed by atoms with Crippen LogP contribution in [0.5, 0.6) is 0 Å².